The standard InChI is InChI=1S/C20H23N5O4/c1-28-15-8-6-14(7-9-15)19(26)23-16-13-25(17-5-2-3-12-29-17)24-18(16)20(27)22-11-4-10-21/h6-9,13,17H,2-5,11-12H2,1H3,(H,22,27)(H,23,26). The lowest BCUT2D eigenvalue weighted by atomic mass is 10.2. The van der Waals surface area contributed by atoms with Crippen molar-refractivity contribution in [2.24, 2.45) is 0 Å². The molecule has 1 unspecified atom stereocenters. The number of methoxy groups -OCH3 is 1. The largest absolute Gasteiger partial charge is 0.497 e. The molecule has 3 rings (SSSR count). The summed E-state index contributed by atoms with van der Waals surface area (Å²) in [5.41, 5.74) is 0.789. The predicted molar refractivity (Wildman–Crippen MR) is 105 cm³/mol. The van der Waals surface area contributed by atoms with E-state index < -0.39 is 5.91 Å². The molecule has 2 N–H and O–H groups in total. The van der Waals surface area contributed by atoms with E-state index in [1.54, 1.807) is 42.3 Å². The second-order valence-corrected chi connectivity index (χ2v) is 6.54. The highest BCUT2D eigenvalue weighted by molar-refractivity contribution is 6.08. The molecule has 0 radical (unpaired) electrons. The molecule has 1 saturated heterocycles. The average Bonchev–Trinajstić information content (AvgIpc) is 3.18. The van der Waals surface area contributed by atoms with Crippen LogP contribution in [0.3, 0.4) is 0 Å². The van der Waals surface area contributed by atoms with Crippen molar-refractivity contribution in [1.29, 1.82) is 5.26 Å². The van der Waals surface area contributed by atoms with Crippen molar-refractivity contribution >= 4 is 17.5 Å². The van der Waals surface area contributed by atoms with Gasteiger partial charge in [-0.2, -0.15) is 10.4 Å². The Morgan fingerprint density at radius 2 is 2.10 bits per heavy atom. The van der Waals surface area contributed by atoms with Gasteiger partial charge in [0.15, 0.2) is 5.69 Å². The molecule has 1 aliphatic heterocycles. The second-order valence-electron chi connectivity index (χ2n) is 6.54. The first kappa shape index (κ1) is 20.4. The van der Waals surface area contributed by atoms with Crippen LogP contribution in [-0.2, 0) is 4.74 Å². The summed E-state index contributed by atoms with van der Waals surface area (Å²) in [5, 5.41) is 18.4. The summed E-state index contributed by atoms with van der Waals surface area (Å²) in [5.74, 6) is -0.191. The zero-order chi connectivity index (χ0) is 20.6. The quantitative estimate of drug-likeness (QED) is 0.693. The molecule has 1 aromatic carbocycles. The number of nitriles is 1. The van der Waals surface area contributed by atoms with Gasteiger partial charge in [0.05, 0.1) is 31.5 Å². The SMILES string of the molecule is COc1ccc(C(=O)Nc2cn(C3CCCCO3)nc2C(=O)NCCC#N)cc1. The zero-order valence-corrected chi connectivity index (χ0v) is 16.2. The van der Waals surface area contributed by atoms with Gasteiger partial charge in [-0.05, 0) is 43.5 Å². The Balaban J connectivity index is 1.81. The van der Waals surface area contributed by atoms with Crippen molar-refractivity contribution in [2.75, 3.05) is 25.6 Å². The number of carbonyl (C=O) groups is 2. The molecular weight excluding hydrogens is 374 g/mol. The van der Waals surface area contributed by atoms with Crippen LogP contribution in [-0.4, -0.2) is 41.9 Å². The highest BCUT2D eigenvalue weighted by Crippen LogP contribution is 2.25. The molecule has 0 saturated carbocycles. The fraction of sp³-hybridized carbons (Fsp3) is 0.400. The van der Waals surface area contributed by atoms with Gasteiger partial charge in [0, 0.05) is 18.7 Å². The molecule has 1 atom stereocenters. The Hall–Kier alpha value is -3.38. The van der Waals surface area contributed by atoms with Crippen LogP contribution in [0.25, 0.3) is 0 Å². The first-order valence-corrected chi connectivity index (χ1v) is 9.43. The number of anilines is 1. The van der Waals surface area contributed by atoms with Crippen LogP contribution in [0.15, 0.2) is 30.5 Å². The van der Waals surface area contributed by atoms with Gasteiger partial charge in [-0.3, -0.25) is 9.59 Å². The van der Waals surface area contributed by atoms with Gasteiger partial charge in [0.2, 0.25) is 0 Å². The molecule has 0 bridgehead atoms. The van der Waals surface area contributed by atoms with Gasteiger partial charge in [0.1, 0.15) is 12.0 Å². The highest BCUT2D eigenvalue weighted by atomic mass is 16.5. The number of carbonyl (C=O) groups excluding carboxylic acids is 2. The van der Waals surface area contributed by atoms with Crippen LogP contribution in [0.5, 0.6) is 5.75 Å². The van der Waals surface area contributed by atoms with Crippen molar-refractivity contribution in [1.82, 2.24) is 15.1 Å². The third-order valence-electron chi connectivity index (χ3n) is 4.52. The van der Waals surface area contributed by atoms with Crippen LogP contribution in [0.2, 0.25) is 0 Å². The molecule has 152 valence electrons. The van der Waals surface area contributed by atoms with E-state index >= 15 is 0 Å². The minimum absolute atomic E-state index is 0.0824. The number of aromatic nitrogens is 2. The second kappa shape index (κ2) is 9.71. The van der Waals surface area contributed by atoms with E-state index in [0.29, 0.717) is 17.9 Å². The minimum Gasteiger partial charge on any atom is -0.497 e. The molecule has 29 heavy (non-hydrogen) atoms. The number of benzene rings is 1. The molecule has 0 aliphatic carbocycles. The van der Waals surface area contributed by atoms with Crippen LogP contribution < -0.4 is 15.4 Å². The van der Waals surface area contributed by atoms with Gasteiger partial charge in [-0.1, -0.05) is 0 Å². The molecule has 0 spiro atoms. The van der Waals surface area contributed by atoms with Gasteiger partial charge in [-0.25, -0.2) is 4.68 Å². The fourth-order valence-electron chi connectivity index (χ4n) is 2.98. The first-order valence-electron chi connectivity index (χ1n) is 9.43. The van der Waals surface area contributed by atoms with Crippen molar-refractivity contribution in [2.45, 2.75) is 31.9 Å². The molecular formula is C20H23N5O4. The van der Waals surface area contributed by atoms with E-state index in [1.807, 2.05) is 6.07 Å². The Bertz CT molecular complexity index is 895. The Morgan fingerprint density at radius 3 is 2.76 bits per heavy atom. The van der Waals surface area contributed by atoms with E-state index in [9.17, 15) is 9.59 Å². The molecule has 1 aromatic heterocycles. The molecule has 9 nitrogen and oxygen atoms in total. The topological polar surface area (TPSA) is 118 Å². The summed E-state index contributed by atoms with van der Waals surface area (Å²) in [6.07, 6.45) is 4.29. The van der Waals surface area contributed by atoms with E-state index in [-0.39, 0.29) is 36.5 Å². The summed E-state index contributed by atoms with van der Waals surface area (Å²) in [6.45, 7) is 0.829. The number of ether oxygens (including phenoxy) is 2. The lowest BCUT2D eigenvalue weighted by Gasteiger charge is -2.22. The monoisotopic (exact) mass is 397 g/mol. The summed E-state index contributed by atoms with van der Waals surface area (Å²) in [4.78, 5) is 25.2. The third kappa shape index (κ3) is 5.12. The Labute approximate surface area is 168 Å². The maximum Gasteiger partial charge on any atom is 0.273 e. The number of hydrogen-bond acceptors (Lipinski definition) is 6. The lowest BCUT2D eigenvalue weighted by molar-refractivity contribution is -0.0395. The Kier molecular flexibility index (Phi) is 6.81. The number of nitrogens with one attached hydrogen (secondary N) is 2. The van der Waals surface area contributed by atoms with Gasteiger partial charge in [0.25, 0.3) is 11.8 Å². The van der Waals surface area contributed by atoms with Crippen LogP contribution in [0.4, 0.5) is 5.69 Å². The Morgan fingerprint density at radius 1 is 1.31 bits per heavy atom. The number of amides is 2. The highest BCUT2D eigenvalue weighted by Gasteiger charge is 2.23. The average molecular weight is 397 g/mol. The minimum atomic E-state index is -0.458. The summed E-state index contributed by atoms with van der Waals surface area (Å²) >= 11 is 0. The van der Waals surface area contributed by atoms with E-state index in [2.05, 4.69) is 15.7 Å². The number of hydrogen-bond donors (Lipinski definition) is 2. The van der Waals surface area contributed by atoms with Gasteiger partial charge < -0.3 is 20.1 Å². The summed E-state index contributed by atoms with van der Waals surface area (Å²) < 4.78 is 12.4. The molecule has 9 heteroatoms. The number of nitrogens with zero attached hydrogens (tertiary/aromatic N) is 3. The van der Waals surface area contributed by atoms with Crippen molar-refractivity contribution < 1.29 is 19.1 Å². The van der Waals surface area contributed by atoms with Gasteiger partial charge in [-0.15, -0.1) is 0 Å². The van der Waals surface area contributed by atoms with Crippen LogP contribution in [0, 0.1) is 11.3 Å². The third-order valence-corrected chi connectivity index (χ3v) is 4.52. The van der Waals surface area contributed by atoms with E-state index in [1.165, 1.54) is 0 Å². The van der Waals surface area contributed by atoms with Gasteiger partial charge >= 0.3 is 0 Å². The lowest BCUT2D eigenvalue weighted by Crippen LogP contribution is -2.26. The van der Waals surface area contributed by atoms with E-state index in [0.717, 1.165) is 19.3 Å². The van der Waals surface area contributed by atoms with Crippen LogP contribution in [0.1, 0.15) is 52.8 Å². The molecule has 2 amide bonds. The maximum atomic E-state index is 12.6. The number of rotatable bonds is 7. The normalized spacial score (nSPS) is 15.9. The zero-order valence-electron chi connectivity index (χ0n) is 16.2. The summed E-state index contributed by atoms with van der Waals surface area (Å²) in [7, 11) is 1.55. The molecule has 2 heterocycles. The predicted octanol–water partition coefficient (Wildman–Crippen LogP) is 2.49. The van der Waals surface area contributed by atoms with Crippen molar-refractivity contribution in [3.8, 4) is 11.8 Å². The van der Waals surface area contributed by atoms with Crippen molar-refractivity contribution in [3.63, 3.8) is 0 Å². The maximum absolute atomic E-state index is 12.6. The summed E-state index contributed by atoms with van der Waals surface area (Å²) in [6, 6.07) is 8.61. The fourth-order valence-corrected chi connectivity index (χ4v) is 2.98. The molecule has 2 aromatic rings. The molecule has 1 fully saturated rings. The first-order chi connectivity index (χ1) is 14.1. The van der Waals surface area contributed by atoms with Crippen molar-refractivity contribution in [3.05, 3.63) is 41.7 Å². The van der Waals surface area contributed by atoms with E-state index in [4.69, 9.17) is 14.7 Å². The molecule has 1 aliphatic rings. The smallest absolute Gasteiger partial charge is 0.273 e. The van der Waals surface area contributed by atoms with Crippen LogP contribution >= 0.6 is 0 Å².